The van der Waals surface area contributed by atoms with Crippen molar-refractivity contribution >= 4 is 44.9 Å². The van der Waals surface area contributed by atoms with Crippen LogP contribution in [-0.2, 0) is 6.18 Å². The topological polar surface area (TPSA) is 94.9 Å². The molecule has 1 aromatic carbocycles. The predicted molar refractivity (Wildman–Crippen MR) is 92.6 cm³/mol. The van der Waals surface area contributed by atoms with E-state index in [0.29, 0.717) is 26.6 Å². The summed E-state index contributed by atoms with van der Waals surface area (Å²) in [5, 5.41) is 0.830. The number of hydrogen-bond acceptors (Lipinski definition) is 6. The van der Waals surface area contributed by atoms with Gasteiger partial charge in [-0.25, -0.2) is 9.97 Å². The molecule has 0 aliphatic rings. The van der Waals surface area contributed by atoms with Crippen molar-refractivity contribution in [1.29, 1.82) is 0 Å². The zero-order chi connectivity index (χ0) is 18.4. The summed E-state index contributed by atoms with van der Waals surface area (Å²) in [6.07, 6.45) is -2.66. The van der Waals surface area contributed by atoms with Gasteiger partial charge in [0.15, 0.2) is 5.16 Å². The fourth-order valence-corrected chi connectivity index (χ4v) is 3.67. The first-order valence-electron chi connectivity index (χ1n) is 6.83. The second-order valence-electron chi connectivity index (χ2n) is 5.02. The number of anilines is 1. The number of amides is 1. The Bertz CT molecular complexity index is 968. The highest BCUT2D eigenvalue weighted by Gasteiger charge is 2.30. The van der Waals surface area contributed by atoms with E-state index in [2.05, 4.69) is 9.97 Å². The minimum Gasteiger partial charge on any atom is -0.397 e. The van der Waals surface area contributed by atoms with E-state index in [9.17, 15) is 18.0 Å². The van der Waals surface area contributed by atoms with Crippen LogP contribution in [0.2, 0.25) is 0 Å². The Morgan fingerprint density at radius 1 is 1.20 bits per heavy atom. The molecule has 3 aromatic rings. The van der Waals surface area contributed by atoms with E-state index in [0.717, 1.165) is 23.5 Å². The minimum atomic E-state index is -4.43. The molecule has 5 nitrogen and oxygen atoms in total. The molecule has 2 heterocycles. The van der Waals surface area contributed by atoms with Crippen LogP contribution in [-0.4, -0.2) is 22.1 Å². The Morgan fingerprint density at radius 2 is 1.84 bits per heavy atom. The summed E-state index contributed by atoms with van der Waals surface area (Å²) in [5.41, 5.74) is 11.5. The molecule has 0 saturated heterocycles. The minimum absolute atomic E-state index is 0.134. The predicted octanol–water partition coefficient (Wildman–Crippen LogP) is 3.78. The van der Waals surface area contributed by atoms with Crippen molar-refractivity contribution in [3.05, 3.63) is 34.7 Å². The number of nitrogens with two attached hydrogens (primary N) is 2. The summed E-state index contributed by atoms with van der Waals surface area (Å²) in [5.74, 6) is -0.690. The Balaban J connectivity index is 2.25. The smallest absolute Gasteiger partial charge is 0.397 e. The number of aromatic nitrogens is 2. The lowest BCUT2D eigenvalue weighted by Crippen LogP contribution is -2.10. The summed E-state index contributed by atoms with van der Waals surface area (Å²) in [4.78, 5) is 20.8. The molecule has 1 amide bonds. The maximum atomic E-state index is 12.8. The number of nitrogens with zero attached hydrogens (tertiary/aromatic N) is 2. The summed E-state index contributed by atoms with van der Waals surface area (Å²) in [6, 6.07) is 4.57. The Hall–Kier alpha value is -2.33. The monoisotopic (exact) mass is 384 g/mol. The largest absolute Gasteiger partial charge is 0.416 e. The van der Waals surface area contributed by atoms with Crippen LogP contribution in [0.25, 0.3) is 21.5 Å². The third-order valence-corrected chi connectivity index (χ3v) is 5.12. The highest BCUT2D eigenvalue weighted by Crippen LogP contribution is 2.39. The van der Waals surface area contributed by atoms with Crippen LogP contribution in [0.15, 0.2) is 29.4 Å². The molecule has 0 radical (unpaired) electrons. The molecule has 3 rings (SSSR count). The van der Waals surface area contributed by atoms with Gasteiger partial charge in [0.25, 0.3) is 5.91 Å². The van der Waals surface area contributed by atoms with Crippen LogP contribution in [0, 0.1) is 0 Å². The van der Waals surface area contributed by atoms with Gasteiger partial charge in [-0.05, 0) is 18.4 Å². The van der Waals surface area contributed by atoms with Crippen molar-refractivity contribution < 1.29 is 18.0 Å². The fourth-order valence-electron chi connectivity index (χ4n) is 2.30. The number of nitrogen functional groups attached to an aromatic ring is 1. The van der Waals surface area contributed by atoms with Crippen LogP contribution in [0.1, 0.15) is 15.2 Å². The maximum absolute atomic E-state index is 12.8. The first-order chi connectivity index (χ1) is 11.7. The van der Waals surface area contributed by atoms with Gasteiger partial charge < -0.3 is 11.5 Å². The second-order valence-corrected chi connectivity index (χ2v) is 6.80. The van der Waals surface area contributed by atoms with Crippen LogP contribution in [0.4, 0.5) is 18.9 Å². The number of halogens is 3. The summed E-state index contributed by atoms with van der Waals surface area (Å²) < 4.78 is 38.3. The number of rotatable bonds is 3. The number of carbonyl (C=O) groups is 1. The lowest BCUT2D eigenvalue weighted by Gasteiger charge is -2.09. The highest BCUT2D eigenvalue weighted by molar-refractivity contribution is 7.98. The summed E-state index contributed by atoms with van der Waals surface area (Å²) >= 11 is 2.30. The summed E-state index contributed by atoms with van der Waals surface area (Å²) in [7, 11) is 0. The average Bonchev–Trinajstić information content (AvgIpc) is 2.90. The second kappa shape index (κ2) is 6.19. The van der Waals surface area contributed by atoms with E-state index in [1.54, 1.807) is 6.26 Å². The molecule has 130 valence electrons. The van der Waals surface area contributed by atoms with Gasteiger partial charge in [-0.3, -0.25) is 4.79 Å². The number of thioether (sulfide) groups is 1. The van der Waals surface area contributed by atoms with Crippen molar-refractivity contribution in [1.82, 2.24) is 9.97 Å². The van der Waals surface area contributed by atoms with Crippen molar-refractivity contribution in [3.63, 3.8) is 0 Å². The van der Waals surface area contributed by atoms with E-state index < -0.39 is 17.6 Å². The van der Waals surface area contributed by atoms with Crippen molar-refractivity contribution in [2.75, 3.05) is 12.0 Å². The highest BCUT2D eigenvalue weighted by atomic mass is 32.2. The van der Waals surface area contributed by atoms with Crippen molar-refractivity contribution in [3.8, 4) is 11.3 Å². The molecule has 0 saturated carbocycles. The number of alkyl halides is 3. The van der Waals surface area contributed by atoms with Crippen molar-refractivity contribution in [2.45, 2.75) is 11.3 Å². The lowest BCUT2D eigenvalue weighted by molar-refractivity contribution is -0.137. The quantitative estimate of drug-likeness (QED) is 0.529. The van der Waals surface area contributed by atoms with Crippen LogP contribution in [0.3, 0.4) is 0 Å². The number of primary amides is 1. The van der Waals surface area contributed by atoms with Gasteiger partial charge in [0.05, 0.1) is 22.3 Å². The van der Waals surface area contributed by atoms with Gasteiger partial charge in [-0.15, -0.1) is 11.3 Å². The fraction of sp³-hybridized carbons (Fsp3) is 0.133. The average molecular weight is 384 g/mol. The number of carbonyl (C=O) groups excluding carboxylic acids is 1. The molecular weight excluding hydrogens is 373 g/mol. The zero-order valence-electron chi connectivity index (χ0n) is 12.7. The normalized spacial score (nSPS) is 11.8. The molecule has 0 aliphatic carbocycles. The van der Waals surface area contributed by atoms with Crippen molar-refractivity contribution in [2.24, 2.45) is 5.73 Å². The third-order valence-electron chi connectivity index (χ3n) is 3.46. The van der Waals surface area contributed by atoms with Crippen LogP contribution in [0.5, 0.6) is 0 Å². The molecule has 25 heavy (non-hydrogen) atoms. The van der Waals surface area contributed by atoms with E-state index >= 15 is 0 Å². The molecule has 0 unspecified atom stereocenters. The first-order valence-corrected chi connectivity index (χ1v) is 8.88. The van der Waals surface area contributed by atoms with Gasteiger partial charge in [0.2, 0.25) is 0 Å². The van der Waals surface area contributed by atoms with Gasteiger partial charge >= 0.3 is 6.18 Å². The SMILES string of the molecule is CSc1nc(-c2ccc(C(F)(F)F)cc2)c2c(N)c(C(N)=O)sc2n1. The molecule has 0 fully saturated rings. The van der Waals surface area contributed by atoms with Gasteiger partial charge in [0, 0.05) is 5.56 Å². The Morgan fingerprint density at radius 3 is 2.36 bits per heavy atom. The number of hydrogen-bond donors (Lipinski definition) is 2. The lowest BCUT2D eigenvalue weighted by atomic mass is 10.1. The van der Waals surface area contributed by atoms with Gasteiger partial charge in [0.1, 0.15) is 9.71 Å². The zero-order valence-corrected chi connectivity index (χ0v) is 14.4. The van der Waals surface area contributed by atoms with Gasteiger partial charge in [-0.1, -0.05) is 23.9 Å². The maximum Gasteiger partial charge on any atom is 0.416 e. The molecule has 0 aliphatic heterocycles. The molecule has 0 atom stereocenters. The number of thiophene rings is 1. The summed E-state index contributed by atoms with van der Waals surface area (Å²) in [6.45, 7) is 0. The molecule has 10 heteroatoms. The number of fused-ring (bicyclic) bond motifs is 1. The van der Waals surface area contributed by atoms with E-state index in [4.69, 9.17) is 11.5 Å². The van der Waals surface area contributed by atoms with E-state index in [-0.39, 0.29) is 10.6 Å². The van der Waals surface area contributed by atoms with E-state index in [1.807, 2.05) is 0 Å². The molecular formula is C15H11F3N4OS2. The standard InChI is InChI=1S/C15H11F3N4OS2/c1-24-14-21-10(6-2-4-7(5-3-6)15(16,17)18)8-9(19)11(12(20)23)25-13(8)22-14/h2-5H,19H2,1H3,(H2,20,23). The Kier molecular flexibility index (Phi) is 4.33. The molecule has 0 spiro atoms. The Labute approximate surface area is 148 Å². The van der Waals surface area contributed by atoms with E-state index in [1.165, 1.54) is 23.9 Å². The molecule has 4 N–H and O–H groups in total. The number of benzene rings is 1. The molecule has 2 aromatic heterocycles. The van der Waals surface area contributed by atoms with Crippen LogP contribution < -0.4 is 11.5 Å². The van der Waals surface area contributed by atoms with Crippen LogP contribution >= 0.6 is 23.1 Å². The van der Waals surface area contributed by atoms with Gasteiger partial charge in [-0.2, -0.15) is 13.2 Å². The third kappa shape index (κ3) is 3.14. The first kappa shape index (κ1) is 17.5. The molecule has 0 bridgehead atoms.